The largest absolute Gasteiger partial charge is 0.394 e. The number of likely N-dealkylation sites (N-methyl/N-ethyl adjacent to an activating group) is 1. The molecular formula is C16H30N2O2. The summed E-state index contributed by atoms with van der Waals surface area (Å²) in [4.78, 5) is 14.0. The van der Waals surface area contributed by atoms with E-state index in [4.69, 9.17) is 0 Å². The summed E-state index contributed by atoms with van der Waals surface area (Å²) in [7, 11) is 1.77. The highest BCUT2D eigenvalue weighted by Gasteiger charge is 2.34. The van der Waals surface area contributed by atoms with Crippen LogP contribution in [0.5, 0.6) is 0 Å². The Hall–Kier alpha value is -0.770. The first-order valence-corrected chi connectivity index (χ1v) is 8.27. The smallest absolute Gasteiger partial charge is 0.317 e. The van der Waals surface area contributed by atoms with Crippen molar-refractivity contribution in [3.05, 3.63) is 0 Å². The van der Waals surface area contributed by atoms with E-state index >= 15 is 0 Å². The van der Waals surface area contributed by atoms with Crippen LogP contribution in [0.2, 0.25) is 0 Å². The maximum atomic E-state index is 12.4. The van der Waals surface area contributed by atoms with Crippen LogP contribution in [0.3, 0.4) is 0 Å². The normalized spacial score (nSPS) is 22.4. The van der Waals surface area contributed by atoms with E-state index in [2.05, 4.69) is 5.32 Å². The SMILES string of the molecule is CC(CO)N(C)C(=O)NC(C1CCCC1)C1CCCC1. The summed E-state index contributed by atoms with van der Waals surface area (Å²) < 4.78 is 0. The second kappa shape index (κ2) is 7.30. The van der Waals surface area contributed by atoms with Gasteiger partial charge in [-0.2, -0.15) is 0 Å². The van der Waals surface area contributed by atoms with Crippen LogP contribution in [0.25, 0.3) is 0 Å². The van der Waals surface area contributed by atoms with Crippen LogP contribution in [0.1, 0.15) is 58.3 Å². The van der Waals surface area contributed by atoms with Gasteiger partial charge in [-0.1, -0.05) is 25.7 Å². The van der Waals surface area contributed by atoms with Crippen LogP contribution in [-0.4, -0.2) is 41.8 Å². The fraction of sp³-hybridized carbons (Fsp3) is 0.938. The van der Waals surface area contributed by atoms with Crippen molar-refractivity contribution in [2.75, 3.05) is 13.7 Å². The van der Waals surface area contributed by atoms with Crippen molar-refractivity contribution >= 4 is 6.03 Å². The van der Waals surface area contributed by atoms with E-state index in [0.29, 0.717) is 17.9 Å². The summed E-state index contributed by atoms with van der Waals surface area (Å²) >= 11 is 0. The molecule has 4 nitrogen and oxygen atoms in total. The predicted molar refractivity (Wildman–Crippen MR) is 80.5 cm³/mol. The summed E-state index contributed by atoms with van der Waals surface area (Å²) in [5, 5.41) is 12.5. The lowest BCUT2D eigenvalue weighted by molar-refractivity contribution is 0.146. The zero-order chi connectivity index (χ0) is 14.5. The number of aliphatic hydroxyl groups is 1. The summed E-state index contributed by atoms with van der Waals surface area (Å²) in [6, 6.07) is 0.207. The molecule has 0 aliphatic heterocycles. The first-order chi connectivity index (χ1) is 9.63. The van der Waals surface area contributed by atoms with Crippen molar-refractivity contribution in [2.45, 2.75) is 70.4 Å². The van der Waals surface area contributed by atoms with Gasteiger partial charge in [0.05, 0.1) is 12.6 Å². The number of hydrogen-bond donors (Lipinski definition) is 2. The lowest BCUT2D eigenvalue weighted by Gasteiger charge is -2.33. The monoisotopic (exact) mass is 282 g/mol. The van der Waals surface area contributed by atoms with E-state index in [9.17, 15) is 9.90 Å². The number of aliphatic hydroxyl groups excluding tert-OH is 1. The van der Waals surface area contributed by atoms with Crippen LogP contribution in [-0.2, 0) is 0 Å². The van der Waals surface area contributed by atoms with E-state index < -0.39 is 0 Å². The van der Waals surface area contributed by atoms with Crippen molar-refractivity contribution in [1.29, 1.82) is 0 Å². The molecule has 0 saturated heterocycles. The fourth-order valence-corrected chi connectivity index (χ4v) is 3.82. The van der Waals surface area contributed by atoms with Gasteiger partial charge in [-0.05, 0) is 44.4 Å². The molecule has 0 aromatic rings. The number of hydrogen-bond acceptors (Lipinski definition) is 2. The molecule has 0 aromatic heterocycles. The van der Waals surface area contributed by atoms with Gasteiger partial charge in [-0.25, -0.2) is 4.79 Å². The van der Waals surface area contributed by atoms with Gasteiger partial charge in [0.15, 0.2) is 0 Å². The van der Waals surface area contributed by atoms with E-state index in [1.807, 2.05) is 6.92 Å². The lowest BCUT2D eigenvalue weighted by atomic mass is 9.86. The molecule has 2 aliphatic rings. The molecule has 2 amide bonds. The fourth-order valence-electron chi connectivity index (χ4n) is 3.82. The van der Waals surface area contributed by atoms with Crippen molar-refractivity contribution in [2.24, 2.45) is 11.8 Å². The van der Waals surface area contributed by atoms with E-state index in [1.165, 1.54) is 51.4 Å². The molecule has 2 saturated carbocycles. The molecule has 0 heterocycles. The number of rotatable bonds is 5. The number of carbonyl (C=O) groups excluding carboxylic acids is 1. The topological polar surface area (TPSA) is 52.6 Å². The summed E-state index contributed by atoms with van der Waals surface area (Å²) in [6.07, 6.45) is 10.3. The summed E-state index contributed by atoms with van der Waals surface area (Å²) in [5.74, 6) is 1.33. The molecule has 2 fully saturated rings. The zero-order valence-electron chi connectivity index (χ0n) is 13.0. The Balaban J connectivity index is 1.97. The molecule has 2 aliphatic carbocycles. The van der Waals surface area contributed by atoms with Crippen LogP contribution >= 0.6 is 0 Å². The molecule has 4 heteroatoms. The standard InChI is InChI=1S/C16H30N2O2/c1-12(11-19)18(2)16(20)17-15(13-7-3-4-8-13)14-9-5-6-10-14/h12-15,19H,3-11H2,1-2H3,(H,17,20). The molecule has 0 aromatic carbocycles. The Morgan fingerprint density at radius 1 is 1.15 bits per heavy atom. The average Bonchev–Trinajstić information content (AvgIpc) is 3.15. The number of urea groups is 1. The van der Waals surface area contributed by atoms with E-state index in [0.717, 1.165) is 0 Å². The number of nitrogens with one attached hydrogen (secondary N) is 1. The van der Waals surface area contributed by atoms with Crippen molar-refractivity contribution in [3.63, 3.8) is 0 Å². The predicted octanol–water partition coefficient (Wildman–Crippen LogP) is 2.76. The van der Waals surface area contributed by atoms with E-state index in [1.54, 1.807) is 11.9 Å². The first kappa shape index (κ1) is 15.6. The number of nitrogens with zero attached hydrogens (tertiary/aromatic N) is 1. The van der Waals surface area contributed by atoms with Gasteiger partial charge in [-0.15, -0.1) is 0 Å². The highest BCUT2D eigenvalue weighted by atomic mass is 16.3. The van der Waals surface area contributed by atoms with Gasteiger partial charge in [0, 0.05) is 13.1 Å². The van der Waals surface area contributed by atoms with Crippen LogP contribution < -0.4 is 5.32 Å². The third-order valence-corrected chi connectivity index (χ3v) is 5.35. The molecule has 1 atom stereocenters. The van der Waals surface area contributed by atoms with Gasteiger partial charge in [0.25, 0.3) is 0 Å². The molecule has 1 unspecified atom stereocenters. The Labute approximate surface area is 122 Å². The molecule has 2 N–H and O–H groups in total. The van der Waals surface area contributed by atoms with Crippen molar-refractivity contribution in [1.82, 2.24) is 10.2 Å². The maximum absolute atomic E-state index is 12.4. The van der Waals surface area contributed by atoms with Gasteiger partial charge in [-0.3, -0.25) is 0 Å². The quantitative estimate of drug-likeness (QED) is 0.814. The maximum Gasteiger partial charge on any atom is 0.317 e. The third kappa shape index (κ3) is 3.66. The zero-order valence-corrected chi connectivity index (χ0v) is 13.0. The summed E-state index contributed by atoms with van der Waals surface area (Å²) in [6.45, 7) is 1.89. The van der Waals surface area contributed by atoms with Crippen molar-refractivity contribution < 1.29 is 9.90 Å². The second-order valence-electron chi connectivity index (χ2n) is 6.71. The Kier molecular flexibility index (Phi) is 5.70. The molecule has 0 radical (unpaired) electrons. The van der Waals surface area contributed by atoms with Gasteiger partial charge < -0.3 is 15.3 Å². The first-order valence-electron chi connectivity index (χ1n) is 8.27. The number of amides is 2. The molecule has 2 rings (SSSR count). The number of carbonyl (C=O) groups is 1. The van der Waals surface area contributed by atoms with Gasteiger partial charge in [0.1, 0.15) is 0 Å². The van der Waals surface area contributed by atoms with Crippen LogP contribution in [0.4, 0.5) is 4.79 Å². The van der Waals surface area contributed by atoms with Crippen LogP contribution in [0.15, 0.2) is 0 Å². The molecule has 20 heavy (non-hydrogen) atoms. The Morgan fingerprint density at radius 2 is 1.60 bits per heavy atom. The minimum atomic E-state index is -0.122. The van der Waals surface area contributed by atoms with Crippen molar-refractivity contribution in [3.8, 4) is 0 Å². The van der Waals surface area contributed by atoms with Gasteiger partial charge in [0.2, 0.25) is 0 Å². The minimum absolute atomic E-state index is 0.0153. The van der Waals surface area contributed by atoms with E-state index in [-0.39, 0.29) is 18.7 Å². The average molecular weight is 282 g/mol. The highest BCUT2D eigenvalue weighted by molar-refractivity contribution is 5.74. The molecule has 0 bridgehead atoms. The van der Waals surface area contributed by atoms with Gasteiger partial charge >= 0.3 is 6.03 Å². The lowest BCUT2D eigenvalue weighted by Crippen LogP contribution is -2.51. The Morgan fingerprint density at radius 3 is 2.00 bits per heavy atom. The third-order valence-electron chi connectivity index (χ3n) is 5.35. The minimum Gasteiger partial charge on any atom is -0.394 e. The van der Waals surface area contributed by atoms with Crippen LogP contribution in [0, 0.1) is 11.8 Å². The molecule has 0 spiro atoms. The molecule has 116 valence electrons. The molecular weight excluding hydrogens is 252 g/mol. The summed E-state index contributed by atoms with van der Waals surface area (Å²) in [5.41, 5.74) is 0. The second-order valence-corrected chi connectivity index (χ2v) is 6.71. The Bertz CT molecular complexity index is 294. The highest BCUT2D eigenvalue weighted by Crippen LogP contribution is 2.37.